The summed E-state index contributed by atoms with van der Waals surface area (Å²) < 4.78 is 11.6. The van der Waals surface area contributed by atoms with Crippen LogP contribution in [-0.4, -0.2) is 35.5 Å². The molecule has 0 aliphatic heterocycles. The molecule has 0 saturated carbocycles. The highest BCUT2D eigenvalue weighted by Gasteiger charge is 2.31. The Bertz CT molecular complexity index is 771. The van der Waals surface area contributed by atoms with Crippen LogP contribution in [0, 0.1) is 5.92 Å². The zero-order valence-electron chi connectivity index (χ0n) is 18.4. The number of rotatable bonds is 10. The maximum atomic E-state index is 13.0. The number of amides is 1. The van der Waals surface area contributed by atoms with Crippen LogP contribution in [0.1, 0.15) is 45.2 Å². The lowest BCUT2D eigenvalue weighted by molar-refractivity contribution is -0.110. The minimum atomic E-state index is -0.601. The second kappa shape index (κ2) is 11.5. The molecule has 5 nitrogen and oxygen atoms in total. The zero-order valence-corrected chi connectivity index (χ0v) is 18.4. The molecule has 2 atom stereocenters. The average molecular weight is 412 g/mol. The molecule has 0 aromatic heterocycles. The number of benzene rings is 2. The fraction of sp³-hybridized carbons (Fsp3) is 0.440. The smallest absolute Gasteiger partial charge is 0.410 e. The van der Waals surface area contributed by atoms with Gasteiger partial charge in [-0.05, 0) is 38.8 Å². The van der Waals surface area contributed by atoms with E-state index in [1.165, 1.54) is 0 Å². The molecule has 0 N–H and O–H groups in total. The highest BCUT2D eigenvalue weighted by atomic mass is 16.6. The number of hydrogen-bond donors (Lipinski definition) is 0. The van der Waals surface area contributed by atoms with Gasteiger partial charge in [0.1, 0.15) is 11.9 Å². The van der Waals surface area contributed by atoms with Crippen LogP contribution in [0.2, 0.25) is 0 Å². The number of carbonyl (C=O) groups excluding carboxylic acids is 2. The molecule has 5 heteroatoms. The summed E-state index contributed by atoms with van der Waals surface area (Å²) in [5, 5.41) is 0. The maximum absolute atomic E-state index is 13.0. The van der Waals surface area contributed by atoms with Crippen LogP contribution in [0.4, 0.5) is 4.79 Å². The standard InChI is InChI=1S/C25H33NO4/c1-20(23(15-16-27)19-29-18-22-13-9-6-10-14-22)26(24(28)30-25(2,3)4)17-21-11-7-5-8-12-21/h5-14,16,20,23H,15,17-19H2,1-4H3. The second-order valence-corrected chi connectivity index (χ2v) is 8.50. The fourth-order valence-electron chi connectivity index (χ4n) is 3.16. The highest BCUT2D eigenvalue weighted by Crippen LogP contribution is 2.22. The number of nitrogens with zero attached hydrogens (tertiary/aromatic N) is 1. The number of aldehydes is 1. The van der Waals surface area contributed by atoms with Crippen LogP contribution in [0.3, 0.4) is 0 Å². The van der Waals surface area contributed by atoms with Crippen LogP contribution in [0.5, 0.6) is 0 Å². The van der Waals surface area contributed by atoms with Crippen molar-refractivity contribution < 1.29 is 19.1 Å². The number of ether oxygens (including phenoxy) is 2. The summed E-state index contributed by atoms with van der Waals surface area (Å²) in [7, 11) is 0. The Morgan fingerprint density at radius 1 is 1.00 bits per heavy atom. The van der Waals surface area contributed by atoms with Crippen molar-refractivity contribution in [3.63, 3.8) is 0 Å². The molecule has 2 aromatic carbocycles. The lowest BCUT2D eigenvalue weighted by atomic mass is 9.97. The third-order valence-corrected chi connectivity index (χ3v) is 4.84. The van der Waals surface area contributed by atoms with Gasteiger partial charge in [0.2, 0.25) is 0 Å². The Kier molecular flexibility index (Phi) is 9.06. The van der Waals surface area contributed by atoms with Crippen molar-refractivity contribution >= 4 is 12.4 Å². The van der Waals surface area contributed by atoms with Gasteiger partial charge in [-0.2, -0.15) is 0 Å². The van der Waals surface area contributed by atoms with Crippen LogP contribution in [0.15, 0.2) is 60.7 Å². The first-order valence-electron chi connectivity index (χ1n) is 10.4. The monoisotopic (exact) mass is 411 g/mol. The van der Waals surface area contributed by atoms with Gasteiger partial charge in [-0.1, -0.05) is 60.7 Å². The molecule has 30 heavy (non-hydrogen) atoms. The van der Waals surface area contributed by atoms with Gasteiger partial charge >= 0.3 is 6.09 Å². The molecule has 0 aliphatic rings. The predicted molar refractivity (Wildman–Crippen MR) is 118 cm³/mol. The highest BCUT2D eigenvalue weighted by molar-refractivity contribution is 5.68. The lowest BCUT2D eigenvalue weighted by Gasteiger charge is -2.35. The van der Waals surface area contributed by atoms with Gasteiger partial charge in [0.25, 0.3) is 0 Å². The van der Waals surface area contributed by atoms with Crippen molar-refractivity contribution in [1.82, 2.24) is 4.90 Å². The van der Waals surface area contributed by atoms with E-state index in [1.807, 2.05) is 88.4 Å². The predicted octanol–water partition coefficient (Wildman–Crippen LogP) is 5.23. The number of carbonyl (C=O) groups is 2. The third-order valence-electron chi connectivity index (χ3n) is 4.84. The second-order valence-electron chi connectivity index (χ2n) is 8.50. The molecular weight excluding hydrogens is 378 g/mol. The quantitative estimate of drug-likeness (QED) is 0.502. The minimum Gasteiger partial charge on any atom is -0.444 e. The van der Waals surface area contributed by atoms with Crippen LogP contribution < -0.4 is 0 Å². The summed E-state index contributed by atoms with van der Waals surface area (Å²) >= 11 is 0. The summed E-state index contributed by atoms with van der Waals surface area (Å²) in [4.78, 5) is 26.0. The van der Waals surface area contributed by atoms with Gasteiger partial charge in [0, 0.05) is 24.9 Å². The molecule has 2 unspecified atom stereocenters. The van der Waals surface area contributed by atoms with Gasteiger partial charge < -0.3 is 19.2 Å². The first-order valence-corrected chi connectivity index (χ1v) is 10.4. The molecule has 1 amide bonds. The van der Waals surface area contributed by atoms with Gasteiger partial charge in [-0.3, -0.25) is 0 Å². The van der Waals surface area contributed by atoms with E-state index in [4.69, 9.17) is 9.47 Å². The molecule has 0 fully saturated rings. The summed E-state index contributed by atoms with van der Waals surface area (Å²) in [5.74, 6) is -0.137. The van der Waals surface area contributed by atoms with Gasteiger partial charge in [0.05, 0.1) is 13.2 Å². The molecule has 0 saturated heterocycles. The van der Waals surface area contributed by atoms with Crippen LogP contribution in [0.25, 0.3) is 0 Å². The summed E-state index contributed by atoms with van der Waals surface area (Å²) in [5.41, 5.74) is 1.48. The Morgan fingerprint density at radius 2 is 1.57 bits per heavy atom. The van der Waals surface area contributed by atoms with E-state index in [2.05, 4.69) is 0 Å². The van der Waals surface area contributed by atoms with E-state index in [-0.39, 0.29) is 12.0 Å². The lowest BCUT2D eigenvalue weighted by Crippen LogP contribution is -2.46. The van der Waals surface area contributed by atoms with E-state index in [0.29, 0.717) is 26.2 Å². The molecular formula is C25H33NO4. The molecule has 0 spiro atoms. The summed E-state index contributed by atoms with van der Waals surface area (Å²) in [6.45, 7) is 8.75. The van der Waals surface area contributed by atoms with Crippen molar-refractivity contribution in [3.8, 4) is 0 Å². The van der Waals surface area contributed by atoms with E-state index in [0.717, 1.165) is 17.4 Å². The van der Waals surface area contributed by atoms with Gasteiger partial charge in [-0.25, -0.2) is 4.79 Å². The van der Waals surface area contributed by atoms with E-state index < -0.39 is 11.7 Å². The SMILES string of the molecule is CC(C(CC=O)COCc1ccccc1)N(Cc1ccccc1)C(=O)OC(C)(C)C. The Hall–Kier alpha value is -2.66. The van der Waals surface area contributed by atoms with Crippen molar-refractivity contribution in [3.05, 3.63) is 71.8 Å². The van der Waals surface area contributed by atoms with Crippen LogP contribution >= 0.6 is 0 Å². The van der Waals surface area contributed by atoms with Crippen molar-refractivity contribution in [2.24, 2.45) is 5.92 Å². The van der Waals surface area contributed by atoms with Crippen molar-refractivity contribution in [2.45, 2.75) is 58.9 Å². The normalized spacial score (nSPS) is 13.3. The Balaban J connectivity index is 2.12. The largest absolute Gasteiger partial charge is 0.444 e. The molecule has 0 bridgehead atoms. The Labute approximate surface area is 180 Å². The zero-order chi connectivity index (χ0) is 22.0. The fourth-order valence-corrected chi connectivity index (χ4v) is 3.16. The molecule has 2 aromatic rings. The summed E-state index contributed by atoms with van der Waals surface area (Å²) in [6.07, 6.45) is 0.810. The average Bonchev–Trinajstić information content (AvgIpc) is 2.71. The molecule has 0 radical (unpaired) electrons. The molecule has 0 aliphatic carbocycles. The third kappa shape index (κ3) is 7.99. The molecule has 0 heterocycles. The van der Waals surface area contributed by atoms with Crippen molar-refractivity contribution in [1.29, 1.82) is 0 Å². The van der Waals surface area contributed by atoms with Crippen LogP contribution in [-0.2, 0) is 27.4 Å². The molecule has 2 rings (SSSR count). The Morgan fingerprint density at radius 3 is 2.10 bits per heavy atom. The van der Waals surface area contributed by atoms with E-state index in [9.17, 15) is 9.59 Å². The maximum Gasteiger partial charge on any atom is 0.410 e. The van der Waals surface area contributed by atoms with Crippen molar-refractivity contribution in [2.75, 3.05) is 6.61 Å². The summed E-state index contributed by atoms with van der Waals surface area (Å²) in [6, 6.07) is 19.4. The van der Waals surface area contributed by atoms with E-state index in [1.54, 1.807) is 4.90 Å². The van der Waals surface area contributed by atoms with Gasteiger partial charge in [0.15, 0.2) is 0 Å². The van der Waals surface area contributed by atoms with E-state index >= 15 is 0 Å². The topological polar surface area (TPSA) is 55.8 Å². The molecule has 162 valence electrons. The van der Waals surface area contributed by atoms with Gasteiger partial charge in [-0.15, -0.1) is 0 Å². The first kappa shape index (κ1) is 23.6. The number of hydrogen-bond acceptors (Lipinski definition) is 4. The minimum absolute atomic E-state index is 0.137. The first-order chi connectivity index (χ1) is 14.3.